The average molecular weight is 298 g/mol. The number of methoxy groups -OCH3 is 2. The maximum Gasteiger partial charge on any atom is 0.317 e. The lowest BCUT2D eigenvalue weighted by molar-refractivity contribution is 0.122. The van der Waals surface area contributed by atoms with Crippen LogP contribution in [-0.4, -0.2) is 58.0 Å². The molecule has 0 aromatic heterocycles. The minimum absolute atomic E-state index is 0.194. The van der Waals surface area contributed by atoms with E-state index in [-0.39, 0.29) is 11.8 Å². The summed E-state index contributed by atoms with van der Waals surface area (Å²) in [5.74, 6) is -0.248. The topological polar surface area (TPSA) is 50.8 Å². The van der Waals surface area contributed by atoms with E-state index in [1.165, 1.54) is 6.07 Å². The Morgan fingerprint density at radius 1 is 1.19 bits per heavy atom. The largest absolute Gasteiger partial charge is 0.383 e. The van der Waals surface area contributed by atoms with Crippen molar-refractivity contribution in [2.75, 3.05) is 47.1 Å². The number of amides is 2. The van der Waals surface area contributed by atoms with E-state index in [0.29, 0.717) is 44.8 Å². The van der Waals surface area contributed by atoms with Crippen molar-refractivity contribution in [1.29, 1.82) is 0 Å². The minimum atomic E-state index is -0.248. The molecule has 0 aliphatic heterocycles. The molecule has 0 fully saturated rings. The number of rotatable bonds is 9. The second kappa shape index (κ2) is 10.1. The second-order valence-corrected chi connectivity index (χ2v) is 4.55. The quantitative estimate of drug-likeness (QED) is 0.754. The number of carbonyl (C=O) groups is 1. The molecule has 0 aliphatic carbocycles. The third-order valence-corrected chi connectivity index (χ3v) is 3.05. The molecule has 21 heavy (non-hydrogen) atoms. The molecule has 1 aromatic carbocycles. The molecule has 0 radical (unpaired) electrons. The minimum Gasteiger partial charge on any atom is -0.383 e. The van der Waals surface area contributed by atoms with Gasteiger partial charge >= 0.3 is 6.03 Å². The summed E-state index contributed by atoms with van der Waals surface area (Å²) < 4.78 is 23.4. The summed E-state index contributed by atoms with van der Waals surface area (Å²) in [5, 5.41) is 2.79. The average Bonchev–Trinajstić information content (AvgIpc) is 2.49. The highest BCUT2D eigenvalue weighted by Gasteiger charge is 2.12. The maximum absolute atomic E-state index is 13.4. The summed E-state index contributed by atoms with van der Waals surface area (Å²) in [5.41, 5.74) is 0.595. The van der Waals surface area contributed by atoms with Gasteiger partial charge in [0.2, 0.25) is 0 Å². The molecule has 0 aliphatic rings. The van der Waals surface area contributed by atoms with Gasteiger partial charge in [0.1, 0.15) is 5.82 Å². The van der Waals surface area contributed by atoms with E-state index in [9.17, 15) is 9.18 Å². The van der Waals surface area contributed by atoms with Crippen molar-refractivity contribution < 1.29 is 18.7 Å². The van der Waals surface area contributed by atoms with Gasteiger partial charge in [-0.15, -0.1) is 0 Å². The van der Waals surface area contributed by atoms with Crippen LogP contribution >= 0.6 is 0 Å². The zero-order chi connectivity index (χ0) is 15.5. The van der Waals surface area contributed by atoms with Crippen LogP contribution < -0.4 is 5.32 Å². The molecule has 1 aromatic rings. The van der Waals surface area contributed by atoms with E-state index >= 15 is 0 Å². The fourth-order valence-corrected chi connectivity index (χ4v) is 1.83. The van der Waals surface area contributed by atoms with Gasteiger partial charge in [-0.05, 0) is 18.1 Å². The van der Waals surface area contributed by atoms with Crippen LogP contribution in [0.2, 0.25) is 0 Å². The van der Waals surface area contributed by atoms with Crippen LogP contribution in [0, 0.1) is 5.82 Å². The van der Waals surface area contributed by atoms with Crippen LogP contribution in [0.3, 0.4) is 0 Å². The normalized spacial score (nSPS) is 10.4. The highest BCUT2D eigenvalue weighted by atomic mass is 19.1. The lowest BCUT2D eigenvalue weighted by Gasteiger charge is -2.22. The zero-order valence-electron chi connectivity index (χ0n) is 12.6. The lowest BCUT2D eigenvalue weighted by Crippen LogP contribution is -2.43. The second-order valence-electron chi connectivity index (χ2n) is 4.55. The van der Waals surface area contributed by atoms with Gasteiger partial charge in [0.15, 0.2) is 0 Å². The van der Waals surface area contributed by atoms with Gasteiger partial charge in [-0.25, -0.2) is 9.18 Å². The zero-order valence-corrected chi connectivity index (χ0v) is 12.6. The molecule has 0 bridgehead atoms. The number of urea groups is 1. The van der Waals surface area contributed by atoms with Crippen LogP contribution in [-0.2, 0) is 15.9 Å². The Bertz CT molecular complexity index is 421. The summed E-state index contributed by atoms with van der Waals surface area (Å²) in [6.45, 7) is 2.29. The Labute approximate surface area is 125 Å². The summed E-state index contributed by atoms with van der Waals surface area (Å²) in [4.78, 5) is 13.7. The van der Waals surface area contributed by atoms with Gasteiger partial charge in [-0.2, -0.15) is 0 Å². The summed E-state index contributed by atoms with van der Waals surface area (Å²) in [6, 6.07) is 6.37. The Morgan fingerprint density at radius 2 is 1.81 bits per heavy atom. The Hall–Kier alpha value is -1.66. The first kappa shape index (κ1) is 17.4. The third kappa shape index (κ3) is 6.55. The Morgan fingerprint density at radius 3 is 2.38 bits per heavy atom. The van der Waals surface area contributed by atoms with Crippen molar-refractivity contribution in [1.82, 2.24) is 10.2 Å². The highest BCUT2D eigenvalue weighted by molar-refractivity contribution is 5.74. The smallest absolute Gasteiger partial charge is 0.317 e. The highest BCUT2D eigenvalue weighted by Crippen LogP contribution is 2.06. The molecule has 0 spiro atoms. The van der Waals surface area contributed by atoms with Crippen LogP contribution in [0.4, 0.5) is 9.18 Å². The summed E-state index contributed by atoms with van der Waals surface area (Å²) >= 11 is 0. The van der Waals surface area contributed by atoms with Gasteiger partial charge in [-0.1, -0.05) is 18.2 Å². The van der Waals surface area contributed by atoms with Crippen LogP contribution in [0.5, 0.6) is 0 Å². The van der Waals surface area contributed by atoms with Crippen molar-refractivity contribution in [2.24, 2.45) is 0 Å². The molecule has 118 valence electrons. The SMILES string of the molecule is COCCN(CCOC)C(=O)NCCc1ccccc1F. The van der Waals surface area contributed by atoms with Gasteiger partial charge in [0.25, 0.3) is 0 Å². The van der Waals surface area contributed by atoms with Crippen LogP contribution in [0.15, 0.2) is 24.3 Å². The van der Waals surface area contributed by atoms with Crippen molar-refractivity contribution >= 4 is 6.03 Å². The predicted molar refractivity (Wildman–Crippen MR) is 78.8 cm³/mol. The van der Waals surface area contributed by atoms with E-state index in [1.54, 1.807) is 37.3 Å². The standard InChI is InChI=1S/C15H23FN2O3/c1-20-11-9-18(10-12-21-2)15(19)17-8-7-13-5-3-4-6-14(13)16/h3-6H,7-12H2,1-2H3,(H,17,19). The first-order valence-corrected chi connectivity index (χ1v) is 6.93. The van der Waals surface area contributed by atoms with E-state index in [1.807, 2.05) is 0 Å². The molecule has 0 saturated heterocycles. The van der Waals surface area contributed by atoms with Gasteiger partial charge < -0.3 is 19.7 Å². The number of hydrogen-bond donors (Lipinski definition) is 1. The van der Waals surface area contributed by atoms with Crippen molar-refractivity contribution in [3.8, 4) is 0 Å². The Balaban J connectivity index is 2.40. The number of nitrogens with one attached hydrogen (secondary N) is 1. The van der Waals surface area contributed by atoms with E-state index in [0.717, 1.165) is 0 Å². The number of benzene rings is 1. The molecule has 1 N–H and O–H groups in total. The fourth-order valence-electron chi connectivity index (χ4n) is 1.83. The van der Waals surface area contributed by atoms with Crippen LogP contribution in [0.25, 0.3) is 0 Å². The number of nitrogens with zero attached hydrogens (tertiary/aromatic N) is 1. The monoisotopic (exact) mass is 298 g/mol. The van der Waals surface area contributed by atoms with E-state index < -0.39 is 0 Å². The van der Waals surface area contributed by atoms with Crippen molar-refractivity contribution in [3.05, 3.63) is 35.6 Å². The summed E-state index contributed by atoms with van der Waals surface area (Å²) in [6.07, 6.45) is 0.459. The molecule has 2 amide bonds. The number of halogens is 1. The fraction of sp³-hybridized carbons (Fsp3) is 0.533. The van der Waals surface area contributed by atoms with Crippen molar-refractivity contribution in [3.63, 3.8) is 0 Å². The van der Waals surface area contributed by atoms with E-state index in [2.05, 4.69) is 5.32 Å². The first-order valence-electron chi connectivity index (χ1n) is 6.93. The van der Waals surface area contributed by atoms with Crippen LogP contribution in [0.1, 0.15) is 5.56 Å². The number of ether oxygens (including phenoxy) is 2. The molecule has 0 unspecified atom stereocenters. The van der Waals surface area contributed by atoms with Crippen molar-refractivity contribution in [2.45, 2.75) is 6.42 Å². The number of hydrogen-bond acceptors (Lipinski definition) is 3. The van der Waals surface area contributed by atoms with Gasteiger partial charge in [0, 0.05) is 33.9 Å². The van der Waals surface area contributed by atoms with E-state index in [4.69, 9.17) is 9.47 Å². The summed E-state index contributed by atoms with van der Waals surface area (Å²) in [7, 11) is 3.18. The maximum atomic E-state index is 13.4. The Kier molecular flexibility index (Phi) is 8.38. The predicted octanol–water partition coefficient (Wildman–Crippen LogP) is 1.67. The molecular formula is C15H23FN2O3. The molecular weight excluding hydrogens is 275 g/mol. The van der Waals surface area contributed by atoms with Gasteiger partial charge in [-0.3, -0.25) is 0 Å². The van der Waals surface area contributed by atoms with Gasteiger partial charge in [0.05, 0.1) is 13.2 Å². The first-order chi connectivity index (χ1) is 10.2. The number of carbonyl (C=O) groups excluding carboxylic acids is 1. The molecule has 0 heterocycles. The lowest BCUT2D eigenvalue weighted by atomic mass is 10.1. The molecule has 6 heteroatoms. The molecule has 5 nitrogen and oxygen atoms in total. The molecule has 0 saturated carbocycles. The molecule has 1 rings (SSSR count). The molecule has 0 atom stereocenters. The third-order valence-electron chi connectivity index (χ3n) is 3.05.